The predicted molar refractivity (Wildman–Crippen MR) is 127 cm³/mol. The van der Waals surface area contributed by atoms with Crippen molar-refractivity contribution in [3.05, 3.63) is 24.3 Å². The molecule has 4 aliphatic rings. The van der Waals surface area contributed by atoms with E-state index in [9.17, 15) is 4.79 Å². The zero-order chi connectivity index (χ0) is 22.0. The lowest BCUT2D eigenvalue weighted by atomic mass is 9.70. The van der Waals surface area contributed by atoms with Gasteiger partial charge in [-0.1, -0.05) is 13.8 Å². The van der Waals surface area contributed by atoms with Gasteiger partial charge in [0.15, 0.2) is 0 Å². The van der Waals surface area contributed by atoms with Crippen LogP contribution in [0.5, 0.6) is 5.75 Å². The van der Waals surface area contributed by atoms with Gasteiger partial charge >= 0.3 is 6.03 Å². The number of rotatable bonds is 5. The standard InChI is InChI=1S/C24H37N3O3S/c1-5-30-20-8-6-19(7-9-20)27-21(17-29-4)18-14-24(2,3)22(27)16-26(15-18)23(28)25-10-12-31-13-11-25/h6-9,18,21-22H,5,10-17H2,1-4H3. The molecular formula is C24H37N3O3S. The van der Waals surface area contributed by atoms with Crippen LogP contribution < -0.4 is 9.64 Å². The maximum Gasteiger partial charge on any atom is 0.320 e. The molecule has 3 unspecified atom stereocenters. The van der Waals surface area contributed by atoms with E-state index in [1.54, 1.807) is 7.11 Å². The molecule has 172 valence electrons. The van der Waals surface area contributed by atoms with Crippen molar-refractivity contribution in [2.45, 2.75) is 39.3 Å². The summed E-state index contributed by atoms with van der Waals surface area (Å²) in [6.07, 6.45) is 1.11. The summed E-state index contributed by atoms with van der Waals surface area (Å²) in [6.45, 7) is 11.4. The summed E-state index contributed by atoms with van der Waals surface area (Å²) in [5.41, 5.74) is 1.30. The Hall–Kier alpha value is -1.60. The third-order valence-corrected chi connectivity index (χ3v) is 8.05. The molecule has 6 nitrogen and oxygen atoms in total. The van der Waals surface area contributed by atoms with Crippen LogP contribution in [-0.2, 0) is 4.74 Å². The minimum Gasteiger partial charge on any atom is -0.494 e. The molecule has 0 radical (unpaired) electrons. The quantitative estimate of drug-likeness (QED) is 0.687. The lowest BCUT2D eigenvalue weighted by Crippen LogP contribution is -2.60. The average molecular weight is 448 g/mol. The number of carbonyl (C=O) groups is 1. The zero-order valence-corrected chi connectivity index (χ0v) is 20.2. The van der Waals surface area contributed by atoms with Crippen LogP contribution >= 0.6 is 11.8 Å². The van der Waals surface area contributed by atoms with Gasteiger partial charge in [-0.3, -0.25) is 0 Å². The first-order valence-electron chi connectivity index (χ1n) is 11.6. The number of piperidine rings is 1. The van der Waals surface area contributed by atoms with Crippen molar-refractivity contribution in [1.82, 2.24) is 9.80 Å². The van der Waals surface area contributed by atoms with Gasteiger partial charge in [0.25, 0.3) is 0 Å². The summed E-state index contributed by atoms with van der Waals surface area (Å²) in [5.74, 6) is 3.36. The molecule has 3 atom stereocenters. The van der Waals surface area contributed by atoms with Gasteiger partial charge in [-0.25, -0.2) is 4.79 Å². The highest BCUT2D eigenvalue weighted by molar-refractivity contribution is 7.99. The van der Waals surface area contributed by atoms with Crippen LogP contribution in [0, 0.1) is 11.3 Å². The molecule has 5 rings (SSSR count). The Morgan fingerprint density at radius 2 is 1.84 bits per heavy atom. The van der Waals surface area contributed by atoms with E-state index >= 15 is 0 Å². The molecule has 2 amide bonds. The van der Waals surface area contributed by atoms with E-state index < -0.39 is 0 Å². The molecule has 4 saturated heterocycles. The van der Waals surface area contributed by atoms with Crippen LogP contribution in [0.3, 0.4) is 0 Å². The summed E-state index contributed by atoms with van der Waals surface area (Å²) in [6, 6.07) is 9.17. The number of carbonyl (C=O) groups excluding carboxylic acids is 1. The molecule has 0 aromatic heterocycles. The van der Waals surface area contributed by atoms with Crippen LogP contribution in [0.2, 0.25) is 0 Å². The minimum atomic E-state index is 0.111. The Balaban J connectivity index is 1.65. The van der Waals surface area contributed by atoms with Crippen molar-refractivity contribution in [2.24, 2.45) is 11.3 Å². The SMILES string of the molecule is CCOc1ccc(N2C(COC)C3CN(C(=O)N4CCSCC4)CC2C(C)(C)C3)cc1. The van der Waals surface area contributed by atoms with Gasteiger partial charge in [0, 0.05) is 50.5 Å². The normalized spacial score (nSPS) is 27.9. The molecule has 4 aliphatic heterocycles. The molecule has 2 bridgehead atoms. The second-order valence-electron chi connectivity index (χ2n) is 9.61. The molecular weight excluding hydrogens is 410 g/mol. The molecule has 0 aliphatic carbocycles. The van der Waals surface area contributed by atoms with Crippen LogP contribution in [-0.4, -0.2) is 85.9 Å². The Bertz CT molecular complexity index is 751. The Labute approximate surface area is 191 Å². The van der Waals surface area contributed by atoms with E-state index in [1.165, 1.54) is 5.69 Å². The zero-order valence-electron chi connectivity index (χ0n) is 19.4. The first-order chi connectivity index (χ1) is 14.9. The van der Waals surface area contributed by atoms with Crippen LogP contribution in [0.15, 0.2) is 24.3 Å². The average Bonchev–Trinajstić information content (AvgIpc) is 3.01. The highest BCUT2D eigenvalue weighted by Crippen LogP contribution is 2.46. The van der Waals surface area contributed by atoms with Gasteiger partial charge in [0.05, 0.1) is 25.3 Å². The van der Waals surface area contributed by atoms with Gasteiger partial charge in [-0.15, -0.1) is 0 Å². The molecule has 1 aromatic carbocycles. The number of amides is 2. The van der Waals surface area contributed by atoms with Crippen LogP contribution in [0.1, 0.15) is 27.2 Å². The van der Waals surface area contributed by atoms with Crippen molar-refractivity contribution in [3.63, 3.8) is 0 Å². The molecule has 31 heavy (non-hydrogen) atoms. The number of hydrogen-bond acceptors (Lipinski definition) is 5. The largest absolute Gasteiger partial charge is 0.494 e. The molecule has 0 N–H and O–H groups in total. The van der Waals surface area contributed by atoms with Crippen molar-refractivity contribution in [2.75, 3.05) is 62.9 Å². The fraction of sp³-hybridized carbons (Fsp3) is 0.708. The summed E-state index contributed by atoms with van der Waals surface area (Å²) >= 11 is 1.94. The molecule has 0 saturated carbocycles. The number of ether oxygens (including phenoxy) is 2. The number of anilines is 1. The highest BCUT2D eigenvalue weighted by Gasteiger charge is 2.51. The fourth-order valence-electron chi connectivity index (χ4n) is 5.62. The second kappa shape index (κ2) is 9.49. The highest BCUT2D eigenvalue weighted by atomic mass is 32.2. The van der Waals surface area contributed by atoms with E-state index in [-0.39, 0.29) is 23.5 Å². The van der Waals surface area contributed by atoms with Crippen molar-refractivity contribution in [3.8, 4) is 5.75 Å². The van der Waals surface area contributed by atoms with E-state index in [2.05, 4.69) is 52.8 Å². The second-order valence-corrected chi connectivity index (χ2v) is 10.8. The first-order valence-corrected chi connectivity index (χ1v) is 12.7. The van der Waals surface area contributed by atoms with Gasteiger partial charge in [0.2, 0.25) is 0 Å². The summed E-state index contributed by atoms with van der Waals surface area (Å²) < 4.78 is 11.4. The van der Waals surface area contributed by atoms with E-state index in [1.807, 2.05) is 18.7 Å². The van der Waals surface area contributed by atoms with Crippen molar-refractivity contribution in [1.29, 1.82) is 0 Å². The first kappa shape index (κ1) is 22.6. The maximum atomic E-state index is 13.4. The van der Waals surface area contributed by atoms with Crippen LogP contribution in [0.4, 0.5) is 10.5 Å². The van der Waals surface area contributed by atoms with Gasteiger partial charge in [-0.2, -0.15) is 11.8 Å². The number of methoxy groups -OCH3 is 1. The number of nitrogens with zero attached hydrogens (tertiary/aromatic N) is 3. The number of urea groups is 1. The maximum absolute atomic E-state index is 13.4. The Kier molecular flexibility index (Phi) is 6.92. The van der Waals surface area contributed by atoms with Crippen LogP contribution in [0.25, 0.3) is 0 Å². The molecule has 1 aromatic rings. The van der Waals surface area contributed by atoms with Crippen molar-refractivity contribution >= 4 is 23.5 Å². The van der Waals surface area contributed by atoms with E-state index in [4.69, 9.17) is 9.47 Å². The molecule has 0 spiro atoms. The minimum absolute atomic E-state index is 0.111. The fourth-order valence-corrected chi connectivity index (χ4v) is 6.52. The Morgan fingerprint density at radius 1 is 1.13 bits per heavy atom. The summed E-state index contributed by atoms with van der Waals surface area (Å²) in [4.78, 5) is 20.2. The number of benzene rings is 1. The van der Waals surface area contributed by atoms with E-state index in [0.29, 0.717) is 19.1 Å². The van der Waals surface area contributed by atoms with Gasteiger partial charge in [-0.05, 0) is 48.9 Å². The lowest BCUT2D eigenvalue weighted by Gasteiger charge is -2.52. The smallest absolute Gasteiger partial charge is 0.320 e. The number of fused-ring (bicyclic) bond motifs is 4. The number of thioether (sulfide) groups is 1. The van der Waals surface area contributed by atoms with Gasteiger partial charge < -0.3 is 24.2 Å². The molecule has 4 heterocycles. The monoisotopic (exact) mass is 447 g/mol. The predicted octanol–water partition coefficient (Wildman–Crippen LogP) is 3.81. The summed E-state index contributed by atoms with van der Waals surface area (Å²) in [7, 11) is 1.79. The number of hydrogen-bond donors (Lipinski definition) is 0. The van der Waals surface area contributed by atoms with Gasteiger partial charge in [0.1, 0.15) is 5.75 Å². The van der Waals surface area contributed by atoms with Crippen molar-refractivity contribution < 1.29 is 14.3 Å². The lowest BCUT2D eigenvalue weighted by molar-refractivity contribution is 0.0924. The van der Waals surface area contributed by atoms with E-state index in [0.717, 1.165) is 49.9 Å². The molecule has 4 fully saturated rings. The topological polar surface area (TPSA) is 45.3 Å². The summed E-state index contributed by atoms with van der Waals surface area (Å²) in [5, 5.41) is 0. The third kappa shape index (κ3) is 4.63. The third-order valence-electron chi connectivity index (χ3n) is 7.11. The molecule has 7 heteroatoms. The Morgan fingerprint density at radius 3 is 2.48 bits per heavy atom.